The van der Waals surface area contributed by atoms with Gasteiger partial charge in [0.05, 0.1) is 35.0 Å². The number of methoxy groups -OCH3 is 1. The molecule has 7 nitrogen and oxygen atoms in total. The number of esters is 1. The Balaban J connectivity index is 1.61. The Labute approximate surface area is 196 Å². The van der Waals surface area contributed by atoms with Gasteiger partial charge in [0.1, 0.15) is 11.6 Å². The summed E-state index contributed by atoms with van der Waals surface area (Å²) in [5.41, 5.74) is 0.447. The van der Waals surface area contributed by atoms with Gasteiger partial charge in [-0.2, -0.15) is 0 Å². The highest BCUT2D eigenvalue weighted by molar-refractivity contribution is 7.99. The van der Waals surface area contributed by atoms with E-state index >= 15 is 0 Å². The molecule has 10 heteroatoms. The topological polar surface area (TPSA) is 90.3 Å². The number of hydrogen-bond donors (Lipinski definition) is 1. The number of fused-ring (bicyclic) bond motifs is 1. The Hall–Kier alpha value is -4.05. The maximum Gasteiger partial charge on any atom is 0.337 e. The molecule has 0 aliphatic heterocycles. The number of thioether (sulfide) groups is 1. The molecule has 0 radical (unpaired) electrons. The van der Waals surface area contributed by atoms with Crippen LogP contribution in [0, 0.1) is 11.6 Å². The molecule has 1 heterocycles. The number of halogens is 2. The summed E-state index contributed by atoms with van der Waals surface area (Å²) < 4.78 is 33.7. The third-order valence-electron chi connectivity index (χ3n) is 4.82. The van der Waals surface area contributed by atoms with Crippen LogP contribution < -0.4 is 10.9 Å². The number of nitrogens with zero attached hydrogens (tertiary/aromatic N) is 2. The van der Waals surface area contributed by atoms with Crippen LogP contribution in [0.3, 0.4) is 0 Å². The van der Waals surface area contributed by atoms with E-state index < -0.39 is 29.1 Å². The van der Waals surface area contributed by atoms with Crippen molar-refractivity contribution in [2.75, 3.05) is 18.2 Å². The number of nitrogens with one attached hydrogen (secondary N) is 1. The van der Waals surface area contributed by atoms with E-state index in [4.69, 9.17) is 0 Å². The highest BCUT2D eigenvalue weighted by atomic mass is 32.2. The van der Waals surface area contributed by atoms with Gasteiger partial charge in [-0.15, -0.1) is 0 Å². The van der Waals surface area contributed by atoms with Crippen LogP contribution in [0.4, 0.5) is 14.5 Å². The van der Waals surface area contributed by atoms with Crippen molar-refractivity contribution in [3.05, 3.63) is 94.3 Å². The monoisotopic (exact) mass is 481 g/mol. The van der Waals surface area contributed by atoms with Gasteiger partial charge >= 0.3 is 5.97 Å². The number of benzene rings is 3. The van der Waals surface area contributed by atoms with E-state index in [-0.39, 0.29) is 22.0 Å². The molecular weight excluding hydrogens is 464 g/mol. The summed E-state index contributed by atoms with van der Waals surface area (Å²) in [7, 11) is 1.27. The summed E-state index contributed by atoms with van der Waals surface area (Å²) in [6, 6.07) is 15.5. The van der Waals surface area contributed by atoms with Crippen LogP contribution in [-0.2, 0) is 9.53 Å². The van der Waals surface area contributed by atoms with E-state index in [9.17, 15) is 23.2 Å². The molecular formula is C24H17F2N3O4S. The number of amides is 1. The highest BCUT2D eigenvalue weighted by Gasteiger charge is 2.18. The van der Waals surface area contributed by atoms with Gasteiger partial charge in [-0.25, -0.2) is 18.6 Å². The SMILES string of the molecule is COC(=O)c1ccc(NC(=O)CSc2nc3ccccc3c(=O)n2-c2ccc(F)cc2F)cc1. The van der Waals surface area contributed by atoms with Crippen LogP contribution >= 0.6 is 11.8 Å². The Morgan fingerprint density at radius 2 is 1.79 bits per heavy atom. The van der Waals surface area contributed by atoms with Gasteiger partial charge in [-0.1, -0.05) is 23.9 Å². The van der Waals surface area contributed by atoms with Crippen molar-refractivity contribution in [3.8, 4) is 5.69 Å². The first-order valence-corrected chi connectivity index (χ1v) is 10.9. The lowest BCUT2D eigenvalue weighted by Gasteiger charge is -2.14. The van der Waals surface area contributed by atoms with Gasteiger partial charge in [-0.05, 0) is 48.5 Å². The molecule has 0 aliphatic rings. The predicted octanol–water partition coefficient (Wildman–Crippen LogP) is 4.18. The Morgan fingerprint density at radius 3 is 2.50 bits per heavy atom. The van der Waals surface area contributed by atoms with Crippen LogP contribution in [0.2, 0.25) is 0 Å². The summed E-state index contributed by atoms with van der Waals surface area (Å²) in [5.74, 6) is -2.77. The smallest absolute Gasteiger partial charge is 0.337 e. The van der Waals surface area contributed by atoms with Crippen LogP contribution in [0.15, 0.2) is 76.7 Å². The minimum atomic E-state index is -0.934. The molecule has 0 unspecified atom stereocenters. The van der Waals surface area contributed by atoms with Crippen LogP contribution in [0.1, 0.15) is 10.4 Å². The van der Waals surface area contributed by atoms with E-state index in [2.05, 4.69) is 15.0 Å². The Morgan fingerprint density at radius 1 is 1.06 bits per heavy atom. The summed E-state index contributed by atoms with van der Waals surface area (Å²) in [6.07, 6.45) is 0. The van der Waals surface area contributed by atoms with Gasteiger partial charge in [0.2, 0.25) is 5.91 Å². The van der Waals surface area contributed by atoms with Crippen molar-refractivity contribution in [3.63, 3.8) is 0 Å². The largest absolute Gasteiger partial charge is 0.465 e. The molecule has 4 rings (SSSR count). The summed E-state index contributed by atoms with van der Waals surface area (Å²) >= 11 is 0.928. The molecule has 0 spiro atoms. The number of ether oxygens (including phenoxy) is 1. The Bertz CT molecular complexity index is 1460. The van der Waals surface area contributed by atoms with Crippen molar-refractivity contribution in [2.24, 2.45) is 0 Å². The fraction of sp³-hybridized carbons (Fsp3) is 0.0833. The van der Waals surface area contributed by atoms with Gasteiger partial charge in [0, 0.05) is 11.8 Å². The fourth-order valence-corrected chi connectivity index (χ4v) is 4.02. The molecule has 172 valence electrons. The zero-order chi connectivity index (χ0) is 24.2. The third-order valence-corrected chi connectivity index (χ3v) is 5.76. The molecule has 1 N–H and O–H groups in total. The zero-order valence-electron chi connectivity index (χ0n) is 17.7. The quantitative estimate of drug-likeness (QED) is 0.252. The van der Waals surface area contributed by atoms with Gasteiger partial charge in [-0.3, -0.25) is 14.2 Å². The van der Waals surface area contributed by atoms with Crippen LogP contribution in [0.5, 0.6) is 0 Å². The lowest BCUT2D eigenvalue weighted by atomic mass is 10.2. The summed E-state index contributed by atoms with van der Waals surface area (Å²) in [5, 5.41) is 3.01. The lowest BCUT2D eigenvalue weighted by Crippen LogP contribution is -2.23. The molecule has 1 amide bonds. The van der Waals surface area contributed by atoms with E-state index in [1.165, 1.54) is 19.2 Å². The predicted molar refractivity (Wildman–Crippen MR) is 124 cm³/mol. The molecule has 0 fully saturated rings. The number of para-hydroxylation sites is 1. The average Bonchev–Trinajstić information content (AvgIpc) is 2.83. The Kier molecular flexibility index (Phi) is 6.69. The van der Waals surface area contributed by atoms with Gasteiger partial charge < -0.3 is 10.1 Å². The van der Waals surface area contributed by atoms with E-state index in [0.29, 0.717) is 22.8 Å². The molecule has 0 atom stereocenters. The normalized spacial score (nSPS) is 10.8. The van der Waals surface area contributed by atoms with E-state index in [1.807, 2.05) is 0 Å². The number of anilines is 1. The second-order valence-corrected chi connectivity index (χ2v) is 8.00. The number of carbonyl (C=O) groups excluding carboxylic acids is 2. The summed E-state index contributed by atoms with van der Waals surface area (Å²) in [6.45, 7) is 0. The second-order valence-electron chi connectivity index (χ2n) is 7.05. The first-order chi connectivity index (χ1) is 16.4. The van der Waals surface area contributed by atoms with Crippen molar-refractivity contribution >= 4 is 40.2 Å². The zero-order valence-corrected chi connectivity index (χ0v) is 18.6. The molecule has 0 aliphatic carbocycles. The van der Waals surface area contributed by atoms with Crippen molar-refractivity contribution < 1.29 is 23.1 Å². The molecule has 1 aromatic heterocycles. The maximum absolute atomic E-state index is 14.5. The molecule has 0 bridgehead atoms. The van der Waals surface area contributed by atoms with Gasteiger partial charge in [0.15, 0.2) is 5.16 Å². The van der Waals surface area contributed by atoms with Crippen LogP contribution in [0.25, 0.3) is 16.6 Å². The number of carbonyl (C=O) groups is 2. The highest BCUT2D eigenvalue weighted by Crippen LogP contribution is 2.23. The summed E-state index contributed by atoms with van der Waals surface area (Å²) in [4.78, 5) is 41.6. The molecule has 0 saturated heterocycles. The lowest BCUT2D eigenvalue weighted by molar-refractivity contribution is -0.113. The molecule has 4 aromatic rings. The minimum absolute atomic E-state index is 0.0744. The standard InChI is InChI=1S/C24H17F2N3O4S/c1-33-23(32)14-6-9-16(10-7-14)27-21(30)13-34-24-28-19-5-3-2-4-17(19)22(31)29(24)20-11-8-15(25)12-18(20)26/h2-12H,13H2,1H3,(H,27,30). The third kappa shape index (κ3) is 4.81. The van der Waals surface area contributed by atoms with E-state index in [1.54, 1.807) is 36.4 Å². The van der Waals surface area contributed by atoms with E-state index in [0.717, 1.165) is 28.5 Å². The molecule has 3 aromatic carbocycles. The number of hydrogen-bond acceptors (Lipinski definition) is 6. The number of aromatic nitrogens is 2. The molecule has 0 saturated carbocycles. The van der Waals surface area contributed by atoms with Crippen molar-refractivity contribution in [2.45, 2.75) is 5.16 Å². The minimum Gasteiger partial charge on any atom is -0.465 e. The fourth-order valence-electron chi connectivity index (χ4n) is 3.22. The van der Waals surface area contributed by atoms with Crippen molar-refractivity contribution in [1.82, 2.24) is 9.55 Å². The molecule has 34 heavy (non-hydrogen) atoms. The average molecular weight is 481 g/mol. The van der Waals surface area contributed by atoms with Crippen molar-refractivity contribution in [1.29, 1.82) is 0 Å². The van der Waals surface area contributed by atoms with Gasteiger partial charge in [0.25, 0.3) is 5.56 Å². The first kappa shape index (κ1) is 23.1. The first-order valence-electron chi connectivity index (χ1n) is 9.95. The second kappa shape index (κ2) is 9.84. The number of rotatable bonds is 6. The maximum atomic E-state index is 14.5. The van der Waals surface area contributed by atoms with Crippen LogP contribution in [-0.4, -0.2) is 34.3 Å².